The van der Waals surface area contributed by atoms with E-state index in [1.165, 1.54) is 10.4 Å². The van der Waals surface area contributed by atoms with E-state index in [1.54, 1.807) is 22.7 Å². The van der Waals surface area contributed by atoms with Crippen LogP contribution in [0.5, 0.6) is 0 Å². The van der Waals surface area contributed by atoms with Gasteiger partial charge in [0.15, 0.2) is 0 Å². The third-order valence-corrected chi connectivity index (χ3v) is 4.33. The van der Waals surface area contributed by atoms with E-state index in [-0.39, 0.29) is 12.6 Å². The zero-order valence-electron chi connectivity index (χ0n) is 9.72. The number of aromatic nitrogens is 1. The molecule has 1 unspecified atom stereocenters. The number of nitrogens with zero attached hydrogens (tertiary/aromatic N) is 1. The van der Waals surface area contributed by atoms with Crippen LogP contribution in [0.15, 0.2) is 23.0 Å². The van der Waals surface area contributed by atoms with Crippen molar-refractivity contribution in [1.82, 2.24) is 10.3 Å². The Bertz CT molecular complexity index is 435. The molecule has 2 aromatic rings. The molecule has 1 atom stereocenters. The van der Waals surface area contributed by atoms with Crippen molar-refractivity contribution in [3.8, 4) is 10.6 Å². The van der Waals surface area contributed by atoms with Crippen LogP contribution in [0.1, 0.15) is 18.2 Å². The molecule has 92 valence electrons. The first-order valence-electron chi connectivity index (χ1n) is 5.65. The predicted molar refractivity (Wildman–Crippen MR) is 73.4 cm³/mol. The number of aliphatic hydroxyl groups excluding tert-OH is 1. The van der Waals surface area contributed by atoms with Crippen molar-refractivity contribution in [3.05, 3.63) is 27.9 Å². The van der Waals surface area contributed by atoms with Crippen molar-refractivity contribution >= 4 is 22.7 Å². The van der Waals surface area contributed by atoms with Gasteiger partial charge in [-0.3, -0.25) is 0 Å². The molecule has 0 saturated heterocycles. The van der Waals surface area contributed by atoms with Crippen molar-refractivity contribution in [2.45, 2.75) is 25.9 Å². The summed E-state index contributed by atoms with van der Waals surface area (Å²) in [6.07, 6.45) is 2.85. The van der Waals surface area contributed by atoms with Gasteiger partial charge in [0.05, 0.1) is 6.61 Å². The minimum absolute atomic E-state index is 0.182. The van der Waals surface area contributed by atoms with E-state index < -0.39 is 0 Å². The monoisotopic (exact) mass is 268 g/mol. The van der Waals surface area contributed by atoms with Crippen LogP contribution in [0, 0.1) is 0 Å². The van der Waals surface area contributed by atoms with Crippen LogP contribution >= 0.6 is 22.7 Å². The first-order chi connectivity index (χ1) is 8.33. The third-order valence-electron chi connectivity index (χ3n) is 2.60. The molecule has 0 aromatic carbocycles. The second kappa shape index (κ2) is 6.26. The second-order valence-electron chi connectivity index (χ2n) is 3.81. The largest absolute Gasteiger partial charge is 0.395 e. The van der Waals surface area contributed by atoms with Gasteiger partial charge >= 0.3 is 0 Å². The maximum Gasteiger partial charge on any atom is 0.124 e. The van der Waals surface area contributed by atoms with E-state index in [2.05, 4.69) is 34.1 Å². The van der Waals surface area contributed by atoms with Crippen LogP contribution in [-0.4, -0.2) is 22.7 Å². The summed E-state index contributed by atoms with van der Waals surface area (Å²) in [6, 6.07) is 2.27. The average molecular weight is 268 g/mol. The summed E-state index contributed by atoms with van der Waals surface area (Å²) in [5.41, 5.74) is 1.19. The van der Waals surface area contributed by atoms with E-state index in [0.717, 1.165) is 18.0 Å². The predicted octanol–water partition coefficient (Wildman–Crippen LogP) is 2.73. The Kier molecular flexibility index (Phi) is 4.67. The molecule has 0 aliphatic rings. The molecule has 0 fully saturated rings. The maximum absolute atomic E-state index is 9.09. The summed E-state index contributed by atoms with van der Waals surface area (Å²) in [6.45, 7) is 3.03. The summed E-state index contributed by atoms with van der Waals surface area (Å²) in [7, 11) is 0. The zero-order chi connectivity index (χ0) is 12.1. The number of hydrogen-bond donors (Lipinski definition) is 2. The van der Waals surface area contributed by atoms with Gasteiger partial charge < -0.3 is 10.4 Å². The van der Waals surface area contributed by atoms with E-state index >= 15 is 0 Å². The lowest BCUT2D eigenvalue weighted by Crippen LogP contribution is -2.30. The molecule has 5 heteroatoms. The Morgan fingerprint density at radius 2 is 2.41 bits per heavy atom. The topological polar surface area (TPSA) is 45.1 Å². The van der Waals surface area contributed by atoms with Crippen LogP contribution < -0.4 is 5.32 Å². The van der Waals surface area contributed by atoms with E-state index in [4.69, 9.17) is 5.11 Å². The minimum Gasteiger partial charge on any atom is -0.395 e. The van der Waals surface area contributed by atoms with E-state index in [1.807, 2.05) is 6.20 Å². The molecule has 0 spiro atoms. The van der Waals surface area contributed by atoms with Crippen molar-refractivity contribution in [2.75, 3.05) is 6.61 Å². The molecule has 2 rings (SSSR count). The van der Waals surface area contributed by atoms with Crippen LogP contribution in [0.25, 0.3) is 10.6 Å². The zero-order valence-corrected chi connectivity index (χ0v) is 11.4. The summed E-state index contributed by atoms with van der Waals surface area (Å²) in [4.78, 5) is 5.62. The Labute approximate surface area is 109 Å². The van der Waals surface area contributed by atoms with Gasteiger partial charge in [0.25, 0.3) is 0 Å². The van der Waals surface area contributed by atoms with Crippen molar-refractivity contribution in [2.24, 2.45) is 0 Å². The summed E-state index contributed by atoms with van der Waals surface area (Å²) >= 11 is 3.39. The minimum atomic E-state index is 0.182. The van der Waals surface area contributed by atoms with Gasteiger partial charge in [-0.2, -0.15) is 11.3 Å². The van der Waals surface area contributed by atoms with Gasteiger partial charge in [-0.1, -0.05) is 6.92 Å². The van der Waals surface area contributed by atoms with Crippen LogP contribution in [0.3, 0.4) is 0 Å². The number of thiophene rings is 1. The van der Waals surface area contributed by atoms with Crippen LogP contribution in [0.2, 0.25) is 0 Å². The first kappa shape index (κ1) is 12.7. The standard InChI is InChI=1S/C12H16N2OS2/c1-2-10(7-15)13-5-11-6-14-12(17-11)9-3-4-16-8-9/h3-4,6,8,10,13,15H,2,5,7H2,1H3. The summed E-state index contributed by atoms with van der Waals surface area (Å²) in [5.74, 6) is 0. The quantitative estimate of drug-likeness (QED) is 0.846. The highest BCUT2D eigenvalue weighted by atomic mass is 32.1. The van der Waals surface area contributed by atoms with Gasteiger partial charge in [-0.25, -0.2) is 4.98 Å². The molecule has 0 aliphatic carbocycles. The van der Waals surface area contributed by atoms with E-state index in [0.29, 0.717) is 0 Å². The number of hydrogen-bond acceptors (Lipinski definition) is 5. The molecule has 0 bridgehead atoms. The highest BCUT2D eigenvalue weighted by Crippen LogP contribution is 2.26. The van der Waals surface area contributed by atoms with Crippen LogP contribution in [0.4, 0.5) is 0 Å². The fraction of sp³-hybridized carbons (Fsp3) is 0.417. The molecule has 0 saturated carbocycles. The highest BCUT2D eigenvalue weighted by molar-refractivity contribution is 7.15. The summed E-state index contributed by atoms with van der Waals surface area (Å²) in [5, 5.41) is 17.6. The Balaban J connectivity index is 1.95. The SMILES string of the molecule is CCC(CO)NCc1cnc(-c2ccsc2)s1. The van der Waals surface area contributed by atoms with Crippen molar-refractivity contribution in [1.29, 1.82) is 0 Å². The lowest BCUT2D eigenvalue weighted by molar-refractivity contribution is 0.238. The normalized spacial score (nSPS) is 12.8. The Morgan fingerprint density at radius 3 is 3.06 bits per heavy atom. The third kappa shape index (κ3) is 3.35. The fourth-order valence-corrected chi connectivity index (χ4v) is 3.07. The van der Waals surface area contributed by atoms with Crippen molar-refractivity contribution in [3.63, 3.8) is 0 Å². The van der Waals surface area contributed by atoms with Crippen molar-refractivity contribution < 1.29 is 5.11 Å². The Hall–Kier alpha value is -0.750. The van der Waals surface area contributed by atoms with E-state index in [9.17, 15) is 0 Å². The molecule has 0 amide bonds. The molecule has 17 heavy (non-hydrogen) atoms. The van der Waals surface area contributed by atoms with Crippen LogP contribution in [-0.2, 0) is 6.54 Å². The molecule has 2 N–H and O–H groups in total. The molecule has 2 heterocycles. The first-order valence-corrected chi connectivity index (χ1v) is 7.41. The number of nitrogens with one attached hydrogen (secondary N) is 1. The number of aliphatic hydroxyl groups is 1. The lowest BCUT2D eigenvalue weighted by Gasteiger charge is -2.12. The highest BCUT2D eigenvalue weighted by Gasteiger charge is 2.07. The molecule has 0 radical (unpaired) electrons. The summed E-state index contributed by atoms with van der Waals surface area (Å²) < 4.78 is 0. The average Bonchev–Trinajstić information content (AvgIpc) is 3.01. The van der Waals surface area contributed by atoms with Gasteiger partial charge in [0.2, 0.25) is 0 Å². The molecule has 2 aromatic heterocycles. The van der Waals surface area contributed by atoms with Gasteiger partial charge in [-0.05, 0) is 17.9 Å². The number of rotatable bonds is 6. The van der Waals surface area contributed by atoms with Gasteiger partial charge in [-0.15, -0.1) is 11.3 Å². The number of thiazole rings is 1. The second-order valence-corrected chi connectivity index (χ2v) is 5.71. The molecule has 0 aliphatic heterocycles. The van der Waals surface area contributed by atoms with Gasteiger partial charge in [0, 0.05) is 34.6 Å². The smallest absolute Gasteiger partial charge is 0.124 e. The maximum atomic E-state index is 9.09. The Morgan fingerprint density at radius 1 is 1.53 bits per heavy atom. The molecule has 3 nitrogen and oxygen atoms in total. The molecular formula is C12H16N2OS2. The fourth-order valence-electron chi connectivity index (χ4n) is 1.49. The van der Waals surface area contributed by atoms with Gasteiger partial charge in [0.1, 0.15) is 5.01 Å². The molecular weight excluding hydrogens is 252 g/mol. The lowest BCUT2D eigenvalue weighted by atomic mass is 10.2.